The van der Waals surface area contributed by atoms with Crippen molar-refractivity contribution in [1.82, 2.24) is 10.2 Å². The number of hydrogen-bond donors (Lipinski definition) is 1. The van der Waals surface area contributed by atoms with E-state index in [2.05, 4.69) is 24.1 Å². The molecule has 0 amide bonds. The lowest BCUT2D eigenvalue weighted by molar-refractivity contribution is 0.189. The van der Waals surface area contributed by atoms with Gasteiger partial charge in [0.05, 0.1) is 0 Å². The zero-order chi connectivity index (χ0) is 9.26. The number of piperazine rings is 1. The van der Waals surface area contributed by atoms with Gasteiger partial charge in [-0.2, -0.15) is 0 Å². The Morgan fingerprint density at radius 3 is 3.00 bits per heavy atom. The van der Waals surface area contributed by atoms with Crippen LogP contribution < -0.4 is 5.32 Å². The molecule has 0 aromatic rings. The van der Waals surface area contributed by atoms with Crippen LogP contribution in [0, 0.1) is 5.92 Å². The van der Waals surface area contributed by atoms with Gasteiger partial charge in [-0.25, -0.2) is 0 Å². The smallest absolute Gasteiger partial charge is 0.0167 e. The summed E-state index contributed by atoms with van der Waals surface area (Å²) in [6.07, 6.45) is 4.28. The van der Waals surface area contributed by atoms with Crippen molar-refractivity contribution >= 4 is 0 Å². The molecule has 3 atom stereocenters. The largest absolute Gasteiger partial charge is 0.312 e. The van der Waals surface area contributed by atoms with E-state index in [9.17, 15) is 0 Å². The lowest BCUT2D eigenvalue weighted by Gasteiger charge is -2.32. The van der Waals surface area contributed by atoms with Gasteiger partial charge in [0.2, 0.25) is 0 Å². The topological polar surface area (TPSA) is 15.3 Å². The summed E-state index contributed by atoms with van der Waals surface area (Å²) < 4.78 is 0. The minimum atomic E-state index is 0.705. The Kier molecular flexibility index (Phi) is 2.89. The first-order valence-electron chi connectivity index (χ1n) is 5.78. The Morgan fingerprint density at radius 2 is 2.31 bits per heavy atom. The Hall–Kier alpha value is -0.0800. The van der Waals surface area contributed by atoms with Crippen LogP contribution in [-0.2, 0) is 0 Å². The van der Waals surface area contributed by atoms with Gasteiger partial charge in [-0.1, -0.05) is 13.3 Å². The van der Waals surface area contributed by atoms with E-state index in [1.807, 2.05) is 0 Å². The molecular weight excluding hydrogens is 160 g/mol. The molecule has 2 nitrogen and oxygen atoms in total. The first-order chi connectivity index (χ1) is 6.31. The van der Waals surface area contributed by atoms with Gasteiger partial charge in [-0.15, -0.1) is 0 Å². The number of rotatable bonds is 3. The average molecular weight is 182 g/mol. The molecule has 2 rings (SSSR count). The van der Waals surface area contributed by atoms with Crippen LogP contribution in [0.15, 0.2) is 0 Å². The second-order valence-electron chi connectivity index (χ2n) is 4.70. The highest BCUT2D eigenvalue weighted by atomic mass is 15.2. The molecule has 1 aliphatic carbocycles. The summed E-state index contributed by atoms with van der Waals surface area (Å²) in [5.41, 5.74) is 0. The molecule has 2 heteroatoms. The molecule has 2 aliphatic rings. The lowest BCUT2D eigenvalue weighted by Crippen LogP contribution is -2.50. The van der Waals surface area contributed by atoms with Crippen LogP contribution in [0.3, 0.4) is 0 Å². The highest BCUT2D eigenvalue weighted by molar-refractivity contribution is 4.96. The minimum absolute atomic E-state index is 0.705. The summed E-state index contributed by atoms with van der Waals surface area (Å²) in [5, 5.41) is 3.50. The van der Waals surface area contributed by atoms with Gasteiger partial charge in [0, 0.05) is 31.7 Å². The van der Waals surface area contributed by atoms with E-state index in [1.54, 1.807) is 0 Å². The molecule has 1 saturated carbocycles. The first kappa shape index (κ1) is 9.47. The molecule has 0 spiro atoms. The van der Waals surface area contributed by atoms with Crippen LogP contribution in [0.2, 0.25) is 0 Å². The van der Waals surface area contributed by atoms with Crippen molar-refractivity contribution in [3.05, 3.63) is 0 Å². The summed E-state index contributed by atoms with van der Waals surface area (Å²) in [5.74, 6) is 1.04. The fourth-order valence-electron chi connectivity index (χ4n) is 2.62. The molecule has 0 bridgehead atoms. The van der Waals surface area contributed by atoms with Crippen molar-refractivity contribution in [2.24, 2.45) is 5.92 Å². The van der Waals surface area contributed by atoms with Gasteiger partial charge in [-0.05, 0) is 25.7 Å². The minimum Gasteiger partial charge on any atom is -0.312 e. The fourth-order valence-corrected chi connectivity index (χ4v) is 2.62. The lowest BCUT2D eigenvalue weighted by atomic mass is 10.2. The van der Waals surface area contributed by atoms with E-state index in [1.165, 1.54) is 38.9 Å². The van der Waals surface area contributed by atoms with E-state index in [0.717, 1.165) is 12.0 Å². The Bertz CT molecular complexity index is 169. The van der Waals surface area contributed by atoms with Gasteiger partial charge in [0.1, 0.15) is 0 Å². The molecule has 1 heterocycles. The summed E-state index contributed by atoms with van der Waals surface area (Å²) in [6, 6.07) is 1.65. The molecule has 0 aromatic carbocycles. The van der Waals surface area contributed by atoms with Gasteiger partial charge in [0.25, 0.3) is 0 Å². The molecule has 0 radical (unpaired) electrons. The SMILES string of the molecule is CCCC1CC1N1CCNC(C)C1. The number of hydrogen-bond acceptors (Lipinski definition) is 2. The highest BCUT2D eigenvalue weighted by Gasteiger charge is 2.41. The molecule has 76 valence electrons. The summed E-state index contributed by atoms with van der Waals surface area (Å²) in [6.45, 7) is 8.33. The molecular formula is C11H22N2. The molecule has 0 aromatic heterocycles. The van der Waals surface area contributed by atoms with Crippen LogP contribution in [0.25, 0.3) is 0 Å². The zero-order valence-corrected chi connectivity index (χ0v) is 8.92. The molecule has 1 aliphatic heterocycles. The van der Waals surface area contributed by atoms with E-state index < -0.39 is 0 Å². The molecule has 1 N–H and O–H groups in total. The maximum absolute atomic E-state index is 3.50. The van der Waals surface area contributed by atoms with Crippen LogP contribution in [0.5, 0.6) is 0 Å². The van der Waals surface area contributed by atoms with Crippen molar-refractivity contribution in [1.29, 1.82) is 0 Å². The Morgan fingerprint density at radius 1 is 1.46 bits per heavy atom. The van der Waals surface area contributed by atoms with Crippen LogP contribution in [0.1, 0.15) is 33.1 Å². The maximum Gasteiger partial charge on any atom is 0.0167 e. The Labute approximate surface area is 81.7 Å². The van der Waals surface area contributed by atoms with Crippen LogP contribution in [-0.4, -0.2) is 36.6 Å². The van der Waals surface area contributed by atoms with Crippen LogP contribution in [0.4, 0.5) is 0 Å². The number of nitrogens with one attached hydrogen (secondary N) is 1. The Balaban J connectivity index is 1.75. The van der Waals surface area contributed by atoms with Crippen molar-refractivity contribution in [2.75, 3.05) is 19.6 Å². The molecule has 2 fully saturated rings. The van der Waals surface area contributed by atoms with E-state index in [4.69, 9.17) is 0 Å². The van der Waals surface area contributed by atoms with Gasteiger partial charge < -0.3 is 5.32 Å². The average Bonchev–Trinajstić information content (AvgIpc) is 2.85. The molecule has 1 saturated heterocycles. The van der Waals surface area contributed by atoms with Gasteiger partial charge in [0.15, 0.2) is 0 Å². The normalized spacial score (nSPS) is 40.6. The van der Waals surface area contributed by atoms with Crippen molar-refractivity contribution in [3.63, 3.8) is 0 Å². The predicted molar refractivity (Wildman–Crippen MR) is 55.8 cm³/mol. The van der Waals surface area contributed by atoms with Gasteiger partial charge >= 0.3 is 0 Å². The summed E-state index contributed by atoms with van der Waals surface area (Å²) in [4.78, 5) is 2.70. The summed E-state index contributed by atoms with van der Waals surface area (Å²) >= 11 is 0. The standard InChI is InChI=1S/C11H22N2/c1-3-4-10-7-11(10)13-6-5-12-9(2)8-13/h9-12H,3-8H2,1-2H3. The van der Waals surface area contributed by atoms with Crippen molar-refractivity contribution in [2.45, 2.75) is 45.2 Å². The van der Waals surface area contributed by atoms with E-state index >= 15 is 0 Å². The van der Waals surface area contributed by atoms with Crippen molar-refractivity contribution in [3.8, 4) is 0 Å². The van der Waals surface area contributed by atoms with Crippen molar-refractivity contribution < 1.29 is 0 Å². The predicted octanol–water partition coefficient (Wildman–Crippen LogP) is 1.47. The second-order valence-corrected chi connectivity index (χ2v) is 4.70. The third kappa shape index (κ3) is 2.23. The van der Waals surface area contributed by atoms with E-state index in [-0.39, 0.29) is 0 Å². The van der Waals surface area contributed by atoms with Crippen LogP contribution >= 0.6 is 0 Å². The first-order valence-corrected chi connectivity index (χ1v) is 5.78. The van der Waals surface area contributed by atoms with Gasteiger partial charge in [-0.3, -0.25) is 4.90 Å². The maximum atomic E-state index is 3.50. The van der Waals surface area contributed by atoms with E-state index in [0.29, 0.717) is 6.04 Å². The molecule has 3 unspecified atom stereocenters. The zero-order valence-electron chi connectivity index (χ0n) is 8.92. The monoisotopic (exact) mass is 182 g/mol. The third-order valence-electron chi connectivity index (χ3n) is 3.41. The quantitative estimate of drug-likeness (QED) is 0.711. The summed E-state index contributed by atoms with van der Waals surface area (Å²) in [7, 11) is 0. The fraction of sp³-hybridized carbons (Fsp3) is 1.00. The third-order valence-corrected chi connectivity index (χ3v) is 3.41. The highest BCUT2D eigenvalue weighted by Crippen LogP contribution is 2.39. The number of nitrogens with zero attached hydrogens (tertiary/aromatic N) is 1. The molecule has 13 heavy (non-hydrogen) atoms. The second kappa shape index (κ2) is 3.97.